The molecule has 29 heavy (non-hydrogen) atoms. The molecule has 0 saturated carbocycles. The maximum absolute atomic E-state index is 13.4. The number of hydrogen-bond donors (Lipinski definition) is 1. The number of hydrazone groups is 1. The van der Waals surface area contributed by atoms with Crippen molar-refractivity contribution in [3.05, 3.63) is 35.1 Å². The van der Waals surface area contributed by atoms with Crippen molar-refractivity contribution in [1.82, 2.24) is 15.2 Å². The van der Waals surface area contributed by atoms with Crippen LogP contribution in [0, 0.1) is 5.82 Å². The van der Waals surface area contributed by atoms with E-state index in [0.29, 0.717) is 6.07 Å². The fourth-order valence-electron chi connectivity index (χ4n) is 3.70. The van der Waals surface area contributed by atoms with Crippen LogP contribution < -0.4 is 5.43 Å². The largest absolute Gasteiger partial charge is 0.416 e. The van der Waals surface area contributed by atoms with Gasteiger partial charge in [-0.1, -0.05) is 6.07 Å². The molecule has 0 aliphatic carbocycles. The van der Waals surface area contributed by atoms with Gasteiger partial charge < -0.3 is 4.90 Å². The van der Waals surface area contributed by atoms with Crippen molar-refractivity contribution in [2.24, 2.45) is 5.10 Å². The van der Waals surface area contributed by atoms with Crippen molar-refractivity contribution in [3.63, 3.8) is 0 Å². The molecule has 4 atom stereocenters. The van der Waals surface area contributed by atoms with Crippen LogP contribution in [0.1, 0.15) is 31.0 Å². The molecular weight excluding hydrogens is 416 g/mol. The lowest BCUT2D eigenvalue weighted by atomic mass is 9.97. The lowest BCUT2D eigenvalue weighted by molar-refractivity contribution is -0.145. The highest BCUT2D eigenvalue weighted by Crippen LogP contribution is 2.37. The number of carbonyl (C=O) groups is 2. The highest BCUT2D eigenvalue weighted by atomic mass is 35.5. The van der Waals surface area contributed by atoms with Crippen molar-refractivity contribution < 1.29 is 27.2 Å². The van der Waals surface area contributed by atoms with Crippen molar-refractivity contribution in [1.29, 1.82) is 0 Å². The summed E-state index contributed by atoms with van der Waals surface area (Å²) in [6, 6.07) is 0.609. The molecular formula is C18H19ClF4N4O2. The number of nitrogens with one attached hydrogen (secondary N) is 1. The summed E-state index contributed by atoms with van der Waals surface area (Å²) >= 11 is 6.13. The minimum absolute atomic E-state index is 0.115. The molecule has 2 amide bonds. The van der Waals surface area contributed by atoms with Crippen molar-refractivity contribution >= 4 is 29.6 Å². The van der Waals surface area contributed by atoms with Crippen LogP contribution in [-0.4, -0.2) is 58.4 Å². The summed E-state index contributed by atoms with van der Waals surface area (Å²) in [5.41, 5.74) is 0.954. The van der Waals surface area contributed by atoms with Gasteiger partial charge in [-0.3, -0.25) is 14.5 Å². The van der Waals surface area contributed by atoms with E-state index in [4.69, 9.17) is 11.6 Å². The number of alkyl halides is 4. The monoisotopic (exact) mass is 434 g/mol. The Morgan fingerprint density at radius 2 is 2.00 bits per heavy atom. The third-order valence-electron chi connectivity index (χ3n) is 5.24. The van der Waals surface area contributed by atoms with Crippen LogP contribution in [0.2, 0.25) is 0 Å². The Balaban J connectivity index is 1.84. The van der Waals surface area contributed by atoms with E-state index >= 15 is 0 Å². The molecule has 0 bridgehead atoms. The second-order valence-corrected chi connectivity index (χ2v) is 7.59. The van der Waals surface area contributed by atoms with Gasteiger partial charge in [-0.25, -0.2) is 9.82 Å². The van der Waals surface area contributed by atoms with E-state index in [2.05, 4.69) is 10.5 Å². The summed E-state index contributed by atoms with van der Waals surface area (Å²) in [5, 5.41) is 2.79. The highest BCUT2D eigenvalue weighted by molar-refractivity contribution is 6.33. The second kappa shape index (κ2) is 7.91. The number of rotatable bonds is 3. The lowest BCUT2D eigenvalue weighted by Gasteiger charge is -2.45. The van der Waals surface area contributed by atoms with E-state index in [1.54, 1.807) is 11.8 Å². The average Bonchev–Trinajstić information content (AvgIpc) is 2.64. The molecule has 1 aromatic rings. The van der Waals surface area contributed by atoms with Gasteiger partial charge in [-0.05, 0) is 31.5 Å². The molecule has 1 fully saturated rings. The molecule has 2 heterocycles. The average molecular weight is 435 g/mol. The van der Waals surface area contributed by atoms with E-state index in [9.17, 15) is 27.2 Å². The van der Waals surface area contributed by atoms with Gasteiger partial charge in [0.05, 0.1) is 24.2 Å². The van der Waals surface area contributed by atoms with Gasteiger partial charge >= 0.3 is 6.18 Å². The second-order valence-electron chi connectivity index (χ2n) is 7.12. The van der Waals surface area contributed by atoms with Crippen molar-refractivity contribution in [3.8, 4) is 0 Å². The quantitative estimate of drug-likeness (QED) is 0.587. The standard InChI is InChI=1S/C18H19ClF4N4O2/c1-9-7-27(10(2)12-4-3-11(20)5-13(12)18(21,22)23)15(28)8-26(9)14-6-24-25-17(29)16(14)19/h3-6,9-10,14,16H,7-8H2,1-2H3,(H,25,29)/t9-,10?,14?,16?/m1/s1. The molecule has 2 aliphatic heterocycles. The van der Waals surface area contributed by atoms with E-state index in [-0.39, 0.29) is 24.7 Å². The third-order valence-corrected chi connectivity index (χ3v) is 5.70. The van der Waals surface area contributed by atoms with Gasteiger partial charge in [0.25, 0.3) is 5.91 Å². The Labute approximate surface area is 169 Å². The predicted octanol–water partition coefficient (Wildman–Crippen LogP) is 2.53. The van der Waals surface area contributed by atoms with Crippen LogP contribution in [0.25, 0.3) is 0 Å². The minimum atomic E-state index is -4.75. The number of halogens is 5. The van der Waals surface area contributed by atoms with Crippen molar-refractivity contribution in [2.45, 2.75) is 43.5 Å². The summed E-state index contributed by atoms with van der Waals surface area (Å²) in [5.74, 6) is -1.91. The van der Waals surface area contributed by atoms with Crippen LogP contribution in [0.4, 0.5) is 17.6 Å². The fourth-order valence-corrected chi connectivity index (χ4v) is 3.96. The van der Waals surface area contributed by atoms with Crippen LogP contribution in [0.5, 0.6) is 0 Å². The first-order chi connectivity index (χ1) is 13.5. The Morgan fingerprint density at radius 1 is 1.31 bits per heavy atom. The number of carbonyl (C=O) groups excluding carboxylic acids is 2. The van der Waals surface area contributed by atoms with E-state index < -0.39 is 46.8 Å². The summed E-state index contributed by atoms with van der Waals surface area (Å²) in [6.45, 7) is 3.24. The molecule has 1 N–H and O–H groups in total. The molecule has 1 saturated heterocycles. The van der Waals surface area contributed by atoms with Gasteiger partial charge in [0, 0.05) is 18.8 Å². The summed E-state index contributed by atoms with van der Waals surface area (Å²) < 4.78 is 53.5. The number of benzene rings is 1. The smallest absolute Gasteiger partial charge is 0.333 e. The Bertz CT molecular complexity index is 848. The minimum Gasteiger partial charge on any atom is -0.333 e. The Hall–Kier alpha value is -2.20. The summed E-state index contributed by atoms with van der Waals surface area (Å²) in [4.78, 5) is 27.5. The first-order valence-electron chi connectivity index (χ1n) is 8.89. The molecule has 2 aliphatic rings. The van der Waals surface area contributed by atoms with Gasteiger partial charge in [0.1, 0.15) is 11.2 Å². The predicted molar refractivity (Wildman–Crippen MR) is 97.8 cm³/mol. The molecule has 3 rings (SSSR count). The highest BCUT2D eigenvalue weighted by Gasteiger charge is 2.42. The van der Waals surface area contributed by atoms with Crippen LogP contribution in [-0.2, 0) is 15.8 Å². The van der Waals surface area contributed by atoms with Crippen LogP contribution in [0.3, 0.4) is 0 Å². The van der Waals surface area contributed by atoms with Crippen molar-refractivity contribution in [2.75, 3.05) is 13.1 Å². The zero-order chi connectivity index (χ0) is 21.5. The molecule has 3 unspecified atom stereocenters. The maximum Gasteiger partial charge on any atom is 0.416 e. The SMILES string of the molecule is CC(c1ccc(F)cc1C(F)(F)F)N1C[C@@H](C)N(C2C=NNC(=O)C2Cl)CC1=O. The maximum atomic E-state index is 13.4. The van der Waals surface area contributed by atoms with Gasteiger partial charge in [0.2, 0.25) is 5.91 Å². The van der Waals surface area contributed by atoms with Crippen LogP contribution >= 0.6 is 11.6 Å². The molecule has 0 spiro atoms. The number of nitrogens with zero attached hydrogens (tertiary/aromatic N) is 3. The first kappa shape index (κ1) is 21.5. The van der Waals surface area contributed by atoms with E-state index in [1.165, 1.54) is 18.0 Å². The Morgan fingerprint density at radius 3 is 2.66 bits per heavy atom. The topological polar surface area (TPSA) is 65.0 Å². The molecule has 0 aromatic heterocycles. The zero-order valence-electron chi connectivity index (χ0n) is 15.6. The molecule has 11 heteroatoms. The van der Waals surface area contributed by atoms with Gasteiger partial charge in [0.15, 0.2) is 0 Å². The normalized spacial score (nSPS) is 27.1. The first-order valence-corrected chi connectivity index (χ1v) is 9.33. The number of hydrogen-bond acceptors (Lipinski definition) is 4. The van der Waals surface area contributed by atoms with Gasteiger partial charge in [-0.2, -0.15) is 18.3 Å². The van der Waals surface area contributed by atoms with Gasteiger partial charge in [-0.15, -0.1) is 11.6 Å². The van der Waals surface area contributed by atoms with Crippen LogP contribution in [0.15, 0.2) is 23.3 Å². The Kier molecular flexibility index (Phi) is 5.86. The summed E-state index contributed by atoms with van der Waals surface area (Å²) in [7, 11) is 0. The summed E-state index contributed by atoms with van der Waals surface area (Å²) in [6.07, 6.45) is -3.32. The van der Waals surface area contributed by atoms with E-state index in [1.807, 2.05) is 0 Å². The molecule has 0 radical (unpaired) electrons. The fraction of sp³-hybridized carbons (Fsp3) is 0.500. The number of piperazine rings is 1. The number of amides is 2. The lowest BCUT2D eigenvalue weighted by Crippen LogP contribution is -2.62. The third kappa shape index (κ3) is 4.23. The van der Waals surface area contributed by atoms with E-state index in [0.717, 1.165) is 12.1 Å². The molecule has 158 valence electrons. The molecule has 1 aromatic carbocycles. The molecule has 6 nitrogen and oxygen atoms in total. The zero-order valence-corrected chi connectivity index (χ0v) is 16.3.